The molecule has 1 saturated carbocycles. The lowest BCUT2D eigenvalue weighted by atomic mass is 9.79. The van der Waals surface area contributed by atoms with Crippen LogP contribution in [0.5, 0.6) is 0 Å². The maximum Gasteiger partial charge on any atom is 0.318 e. The highest BCUT2D eigenvalue weighted by Gasteiger charge is 2.53. The standard InChI is InChI=1S/C15H24O3/c1-10(2)9-17-12(4)18-14(16)15-6-5-13(8-15)7-11(15)3/h5-6,10-13H,7-9H2,1-4H3. The number of carbonyl (C=O) groups is 1. The van der Waals surface area contributed by atoms with Crippen LogP contribution < -0.4 is 0 Å². The highest BCUT2D eigenvalue weighted by molar-refractivity contribution is 5.81. The molecular weight excluding hydrogens is 228 g/mol. The Labute approximate surface area is 110 Å². The molecule has 4 atom stereocenters. The van der Waals surface area contributed by atoms with Crippen LogP contribution in [0.4, 0.5) is 0 Å². The van der Waals surface area contributed by atoms with E-state index in [1.807, 2.05) is 0 Å². The topological polar surface area (TPSA) is 35.5 Å². The second-order valence-electron chi connectivity index (χ2n) is 6.20. The van der Waals surface area contributed by atoms with Gasteiger partial charge in [-0.05, 0) is 37.5 Å². The van der Waals surface area contributed by atoms with Crippen LogP contribution in [0.3, 0.4) is 0 Å². The molecule has 3 heteroatoms. The Kier molecular flexibility index (Phi) is 3.81. The van der Waals surface area contributed by atoms with E-state index in [1.54, 1.807) is 6.92 Å². The van der Waals surface area contributed by atoms with E-state index >= 15 is 0 Å². The third-order valence-corrected chi connectivity index (χ3v) is 4.12. The van der Waals surface area contributed by atoms with Crippen molar-refractivity contribution < 1.29 is 14.3 Å². The van der Waals surface area contributed by atoms with Gasteiger partial charge in [0.05, 0.1) is 12.0 Å². The SMILES string of the molecule is CC(C)COC(C)OC(=O)C12C=CC(CC1C)C2. The van der Waals surface area contributed by atoms with Crippen molar-refractivity contribution >= 4 is 5.97 Å². The molecule has 0 aromatic rings. The second-order valence-corrected chi connectivity index (χ2v) is 6.20. The van der Waals surface area contributed by atoms with Gasteiger partial charge in [-0.1, -0.05) is 32.9 Å². The molecule has 2 aliphatic rings. The van der Waals surface area contributed by atoms with Gasteiger partial charge in [0.25, 0.3) is 0 Å². The molecule has 18 heavy (non-hydrogen) atoms. The lowest BCUT2D eigenvalue weighted by molar-refractivity contribution is -0.186. The molecule has 102 valence electrons. The van der Waals surface area contributed by atoms with Crippen LogP contribution in [-0.4, -0.2) is 18.9 Å². The van der Waals surface area contributed by atoms with Crippen molar-refractivity contribution in [1.29, 1.82) is 0 Å². The van der Waals surface area contributed by atoms with Crippen LogP contribution in [0.15, 0.2) is 12.2 Å². The highest BCUT2D eigenvalue weighted by atomic mass is 16.7. The molecule has 2 rings (SSSR count). The minimum Gasteiger partial charge on any atom is -0.435 e. The molecule has 1 fully saturated rings. The number of carbonyl (C=O) groups excluding carboxylic acids is 1. The summed E-state index contributed by atoms with van der Waals surface area (Å²) in [6, 6.07) is 0. The van der Waals surface area contributed by atoms with Crippen LogP contribution in [-0.2, 0) is 14.3 Å². The zero-order valence-corrected chi connectivity index (χ0v) is 11.8. The smallest absolute Gasteiger partial charge is 0.318 e. The predicted octanol–water partition coefficient (Wildman–Crippen LogP) is 3.15. The predicted molar refractivity (Wildman–Crippen MR) is 69.8 cm³/mol. The fraction of sp³-hybridized carbons (Fsp3) is 0.800. The van der Waals surface area contributed by atoms with Crippen molar-refractivity contribution in [1.82, 2.24) is 0 Å². The van der Waals surface area contributed by atoms with E-state index in [-0.39, 0.29) is 11.4 Å². The first kappa shape index (κ1) is 13.6. The fourth-order valence-corrected chi connectivity index (χ4v) is 3.04. The molecule has 0 saturated heterocycles. The zero-order chi connectivity index (χ0) is 13.3. The first-order valence-corrected chi connectivity index (χ1v) is 6.96. The molecule has 0 aromatic heterocycles. The van der Waals surface area contributed by atoms with Gasteiger partial charge in [0.1, 0.15) is 0 Å². The Morgan fingerprint density at radius 2 is 2.17 bits per heavy atom. The molecule has 2 bridgehead atoms. The Bertz CT molecular complexity index is 348. The molecule has 0 radical (unpaired) electrons. The molecule has 0 heterocycles. The molecule has 0 amide bonds. The number of hydrogen-bond acceptors (Lipinski definition) is 3. The third-order valence-electron chi connectivity index (χ3n) is 4.12. The van der Waals surface area contributed by atoms with Crippen LogP contribution in [0.25, 0.3) is 0 Å². The number of allylic oxidation sites excluding steroid dienone is 1. The first-order valence-electron chi connectivity index (χ1n) is 6.96. The number of fused-ring (bicyclic) bond motifs is 2. The molecule has 0 aliphatic heterocycles. The van der Waals surface area contributed by atoms with Gasteiger partial charge in [-0.2, -0.15) is 0 Å². The Balaban J connectivity index is 1.90. The summed E-state index contributed by atoms with van der Waals surface area (Å²) in [5.74, 6) is 1.30. The molecule has 0 spiro atoms. The number of esters is 1. The zero-order valence-electron chi connectivity index (χ0n) is 11.8. The first-order chi connectivity index (χ1) is 8.44. The van der Waals surface area contributed by atoms with Gasteiger partial charge in [-0.3, -0.25) is 4.79 Å². The Morgan fingerprint density at radius 1 is 1.44 bits per heavy atom. The summed E-state index contributed by atoms with van der Waals surface area (Å²) in [6.45, 7) is 8.72. The van der Waals surface area contributed by atoms with Gasteiger partial charge in [0, 0.05) is 0 Å². The summed E-state index contributed by atoms with van der Waals surface area (Å²) in [5, 5.41) is 0. The van der Waals surface area contributed by atoms with Gasteiger partial charge >= 0.3 is 5.97 Å². The van der Waals surface area contributed by atoms with Crippen LogP contribution in [0.2, 0.25) is 0 Å². The molecule has 0 aromatic carbocycles. The van der Waals surface area contributed by atoms with Gasteiger partial charge in [0.15, 0.2) is 6.29 Å². The molecule has 3 nitrogen and oxygen atoms in total. The van der Waals surface area contributed by atoms with Crippen molar-refractivity contribution in [3.8, 4) is 0 Å². The van der Waals surface area contributed by atoms with Crippen LogP contribution in [0, 0.1) is 23.2 Å². The maximum absolute atomic E-state index is 12.3. The van der Waals surface area contributed by atoms with Crippen molar-refractivity contribution in [2.75, 3.05) is 6.61 Å². The molecule has 4 unspecified atom stereocenters. The lowest BCUT2D eigenvalue weighted by Crippen LogP contribution is -2.35. The van der Waals surface area contributed by atoms with E-state index in [9.17, 15) is 4.79 Å². The van der Waals surface area contributed by atoms with Gasteiger partial charge in [-0.25, -0.2) is 0 Å². The third kappa shape index (κ3) is 2.46. The second kappa shape index (κ2) is 5.04. The van der Waals surface area contributed by atoms with Crippen LogP contribution in [0.1, 0.15) is 40.5 Å². The Morgan fingerprint density at radius 3 is 2.67 bits per heavy atom. The quantitative estimate of drug-likeness (QED) is 0.428. The van der Waals surface area contributed by atoms with E-state index in [2.05, 4.69) is 32.9 Å². The summed E-state index contributed by atoms with van der Waals surface area (Å²) < 4.78 is 11.0. The van der Waals surface area contributed by atoms with E-state index in [0.29, 0.717) is 24.4 Å². The summed E-state index contributed by atoms with van der Waals surface area (Å²) in [7, 11) is 0. The maximum atomic E-state index is 12.3. The number of ether oxygens (including phenoxy) is 2. The van der Waals surface area contributed by atoms with E-state index in [1.165, 1.54) is 0 Å². The minimum absolute atomic E-state index is 0.109. The van der Waals surface area contributed by atoms with Gasteiger partial charge in [0.2, 0.25) is 0 Å². The average molecular weight is 252 g/mol. The number of rotatable bonds is 5. The van der Waals surface area contributed by atoms with Crippen molar-refractivity contribution in [3.05, 3.63) is 12.2 Å². The monoisotopic (exact) mass is 252 g/mol. The summed E-state index contributed by atoms with van der Waals surface area (Å²) >= 11 is 0. The molecule has 0 N–H and O–H groups in total. The minimum atomic E-state index is -0.450. The summed E-state index contributed by atoms with van der Waals surface area (Å²) in [6.07, 6.45) is 5.80. The number of hydrogen-bond donors (Lipinski definition) is 0. The van der Waals surface area contributed by atoms with E-state index in [0.717, 1.165) is 12.8 Å². The summed E-state index contributed by atoms with van der Waals surface area (Å²) in [4.78, 5) is 12.3. The highest BCUT2D eigenvalue weighted by Crippen LogP contribution is 2.53. The van der Waals surface area contributed by atoms with Crippen LogP contribution >= 0.6 is 0 Å². The lowest BCUT2D eigenvalue weighted by Gasteiger charge is -2.29. The van der Waals surface area contributed by atoms with E-state index < -0.39 is 6.29 Å². The van der Waals surface area contributed by atoms with Gasteiger partial charge in [-0.15, -0.1) is 0 Å². The van der Waals surface area contributed by atoms with Crippen molar-refractivity contribution in [2.24, 2.45) is 23.2 Å². The fourth-order valence-electron chi connectivity index (χ4n) is 3.04. The largest absolute Gasteiger partial charge is 0.435 e. The Hall–Kier alpha value is -0.830. The molecular formula is C15H24O3. The average Bonchev–Trinajstić information content (AvgIpc) is 2.84. The molecule has 2 aliphatic carbocycles. The normalized spacial score (nSPS) is 35.2. The summed E-state index contributed by atoms with van der Waals surface area (Å²) in [5.41, 5.74) is -0.375. The van der Waals surface area contributed by atoms with Crippen molar-refractivity contribution in [3.63, 3.8) is 0 Å². The van der Waals surface area contributed by atoms with Gasteiger partial charge < -0.3 is 9.47 Å². The van der Waals surface area contributed by atoms with Crippen molar-refractivity contribution in [2.45, 2.75) is 46.8 Å². The van der Waals surface area contributed by atoms with E-state index in [4.69, 9.17) is 9.47 Å².